The van der Waals surface area contributed by atoms with E-state index in [1.165, 1.54) is 0 Å². The quantitative estimate of drug-likeness (QED) is 0.287. The third-order valence-corrected chi connectivity index (χ3v) is 5.98. The second kappa shape index (κ2) is 16.3. The zero-order chi connectivity index (χ0) is 32.6. The summed E-state index contributed by atoms with van der Waals surface area (Å²) in [7, 11) is 0. The molecule has 0 aliphatic heterocycles. The summed E-state index contributed by atoms with van der Waals surface area (Å²) in [6.07, 6.45) is 0.187. The van der Waals surface area contributed by atoms with E-state index in [4.69, 9.17) is 0 Å². The average Bonchev–Trinajstić information content (AvgIpc) is 2.64. The maximum Gasteiger partial charge on any atom is 0.145 e. The topological polar surface area (TPSA) is 102 Å². The molecule has 0 saturated heterocycles. The fraction of sp³-hybridized carbons (Fsp3) is 0.818. The van der Waals surface area contributed by atoms with Crippen molar-refractivity contribution in [1.82, 2.24) is 0 Å². The molecule has 7 heteroatoms. The normalized spacial score (nSPS) is 12.4. The molecule has 40 heavy (non-hydrogen) atoms. The van der Waals surface area contributed by atoms with E-state index >= 15 is 0 Å². The van der Waals surface area contributed by atoms with Crippen molar-refractivity contribution in [2.24, 2.45) is 32.5 Å². The first-order chi connectivity index (χ1) is 16.6. The molecule has 0 aliphatic carbocycles. The first-order valence-corrected chi connectivity index (χ1v) is 13.8. The molecule has 0 aromatic rings. The molecule has 0 rings (SSSR count). The number of hydrogen-bond donors (Lipinski definition) is 0. The molecule has 0 aromatic heterocycles. The summed E-state index contributed by atoms with van der Waals surface area (Å²) in [6.45, 7) is 33.1. The second-order valence-corrected chi connectivity index (χ2v) is 16.6. The van der Waals surface area contributed by atoms with Crippen LogP contribution >= 0.6 is 0 Å². The summed E-state index contributed by atoms with van der Waals surface area (Å²) in [5, 5.41) is 0. The van der Waals surface area contributed by atoms with Crippen molar-refractivity contribution in [3.05, 3.63) is 0 Å². The van der Waals surface area contributed by atoms with Gasteiger partial charge in [-0.25, -0.2) is 0 Å². The third-order valence-electron chi connectivity index (χ3n) is 5.98. The fourth-order valence-corrected chi connectivity index (χ4v) is 2.03. The molecule has 0 saturated carbocycles. The molecule has 1 radical (unpaired) electrons. The van der Waals surface area contributed by atoms with Crippen molar-refractivity contribution in [3.63, 3.8) is 0 Å². The molecule has 6 nitrogen and oxygen atoms in total. The van der Waals surface area contributed by atoms with E-state index in [9.17, 15) is 28.8 Å². The Morgan fingerprint density at radius 3 is 0.400 bits per heavy atom. The monoisotopic (exact) mass is 603 g/mol. The van der Waals surface area contributed by atoms with Crippen LogP contribution in [0, 0.1) is 32.5 Å². The van der Waals surface area contributed by atoms with Gasteiger partial charge in [-0.05, 0) is 0 Å². The standard InChI is InChI=1S/3C11H20O2.V/c3*1-10(2,3)8(12)7-9(13)11(4,5)6;/h3*7H2,1-6H3;. The molecule has 233 valence electrons. The summed E-state index contributed by atoms with van der Waals surface area (Å²) in [5.41, 5.74) is -2.41. The van der Waals surface area contributed by atoms with Gasteiger partial charge in [0.05, 0.1) is 19.3 Å². The number of carbonyl (C=O) groups is 6. The van der Waals surface area contributed by atoms with Crippen LogP contribution in [0.1, 0.15) is 144 Å². The van der Waals surface area contributed by atoms with Gasteiger partial charge in [0.1, 0.15) is 34.7 Å². The summed E-state index contributed by atoms with van der Waals surface area (Å²) in [6, 6.07) is 0. The van der Waals surface area contributed by atoms with E-state index in [1.54, 1.807) is 0 Å². The van der Waals surface area contributed by atoms with Crippen LogP contribution < -0.4 is 0 Å². The van der Waals surface area contributed by atoms with Gasteiger partial charge in [-0.1, -0.05) is 125 Å². The molecule has 0 atom stereocenters. The predicted octanol–water partition coefficient (Wildman–Crippen LogP) is 7.82. The van der Waals surface area contributed by atoms with Crippen LogP contribution in [-0.2, 0) is 47.3 Å². The molecule has 0 spiro atoms. The van der Waals surface area contributed by atoms with E-state index in [0.29, 0.717) is 0 Å². The molecule has 0 aromatic carbocycles. The minimum Gasteiger partial charge on any atom is -0.299 e. The summed E-state index contributed by atoms with van der Waals surface area (Å²) < 4.78 is 0. The Labute approximate surface area is 257 Å². The van der Waals surface area contributed by atoms with E-state index in [2.05, 4.69) is 0 Å². The molecule has 0 heterocycles. The van der Waals surface area contributed by atoms with Gasteiger partial charge in [0.2, 0.25) is 0 Å². The third kappa shape index (κ3) is 21.4. The van der Waals surface area contributed by atoms with E-state index in [-0.39, 0.29) is 72.5 Å². The fourth-order valence-electron chi connectivity index (χ4n) is 2.03. The van der Waals surface area contributed by atoms with Crippen molar-refractivity contribution in [3.8, 4) is 0 Å². The SMILES string of the molecule is CC(C)(C)C(=O)CC(=O)C(C)(C)C.CC(C)(C)C(=O)CC(=O)C(C)(C)C.CC(C)(C)C(=O)CC(=O)C(C)(C)C.[V]. The summed E-state index contributed by atoms with van der Waals surface area (Å²) in [5.74, 6) is 0.125. The van der Waals surface area contributed by atoms with Gasteiger partial charge in [-0.3, -0.25) is 28.8 Å². The molecule has 0 amide bonds. The molecule has 0 N–H and O–H groups in total. The van der Waals surface area contributed by atoms with Gasteiger partial charge >= 0.3 is 0 Å². The van der Waals surface area contributed by atoms with Crippen LogP contribution in [0.3, 0.4) is 0 Å². The number of Topliss-reactive ketones (excluding diaryl/α,β-unsaturated/α-hetero) is 6. The van der Waals surface area contributed by atoms with Gasteiger partial charge < -0.3 is 0 Å². The van der Waals surface area contributed by atoms with E-state index in [1.807, 2.05) is 125 Å². The number of hydrogen-bond acceptors (Lipinski definition) is 6. The maximum absolute atomic E-state index is 11.5. The minimum atomic E-state index is -0.402. The van der Waals surface area contributed by atoms with Crippen LogP contribution in [0.15, 0.2) is 0 Å². The Kier molecular flexibility index (Phi) is 18.6. The van der Waals surface area contributed by atoms with Crippen LogP contribution in [0.25, 0.3) is 0 Å². The van der Waals surface area contributed by atoms with Gasteiger partial charge in [-0.15, -0.1) is 0 Å². The molecule has 0 bridgehead atoms. The smallest absolute Gasteiger partial charge is 0.145 e. The van der Waals surface area contributed by atoms with E-state index in [0.717, 1.165) is 0 Å². The second-order valence-electron chi connectivity index (χ2n) is 16.6. The zero-order valence-electron chi connectivity index (χ0n) is 29.0. The number of carbonyl (C=O) groups excluding carboxylic acids is 6. The largest absolute Gasteiger partial charge is 0.299 e. The van der Waals surface area contributed by atoms with Crippen molar-refractivity contribution >= 4 is 34.7 Å². The molecule has 0 aliphatic rings. The van der Waals surface area contributed by atoms with Gasteiger partial charge in [0.15, 0.2) is 0 Å². The van der Waals surface area contributed by atoms with E-state index < -0.39 is 32.5 Å². The van der Waals surface area contributed by atoms with Gasteiger partial charge in [-0.2, -0.15) is 0 Å². The maximum atomic E-state index is 11.5. The molecule has 0 unspecified atom stereocenters. The summed E-state index contributed by atoms with van der Waals surface area (Å²) in [4.78, 5) is 69.0. The van der Waals surface area contributed by atoms with Crippen molar-refractivity contribution in [2.45, 2.75) is 144 Å². The number of ketones is 6. The Morgan fingerprint density at radius 2 is 0.350 bits per heavy atom. The predicted molar refractivity (Wildman–Crippen MR) is 161 cm³/mol. The van der Waals surface area contributed by atoms with Gasteiger partial charge in [0.25, 0.3) is 0 Å². The number of rotatable bonds is 6. The van der Waals surface area contributed by atoms with Crippen molar-refractivity contribution in [2.75, 3.05) is 0 Å². The Balaban J connectivity index is -0.000000240. The van der Waals surface area contributed by atoms with Crippen LogP contribution in [0.2, 0.25) is 0 Å². The zero-order valence-corrected chi connectivity index (χ0v) is 30.4. The van der Waals surface area contributed by atoms with Gasteiger partial charge in [0, 0.05) is 51.0 Å². The van der Waals surface area contributed by atoms with Crippen molar-refractivity contribution in [1.29, 1.82) is 0 Å². The Bertz CT molecular complexity index is 693. The Hall–Kier alpha value is -1.40. The Morgan fingerprint density at radius 1 is 0.275 bits per heavy atom. The molecule has 0 fully saturated rings. The van der Waals surface area contributed by atoms with Crippen LogP contribution in [-0.4, -0.2) is 34.7 Å². The minimum absolute atomic E-state index is 0. The van der Waals surface area contributed by atoms with Crippen LogP contribution in [0.5, 0.6) is 0 Å². The van der Waals surface area contributed by atoms with Crippen LogP contribution in [0.4, 0.5) is 0 Å². The van der Waals surface area contributed by atoms with Crippen molar-refractivity contribution < 1.29 is 47.3 Å². The molecular weight excluding hydrogens is 543 g/mol. The first-order valence-electron chi connectivity index (χ1n) is 13.8. The first kappa shape index (κ1) is 45.6. The summed E-state index contributed by atoms with van der Waals surface area (Å²) >= 11 is 0. The molecular formula is C33H60O6V. The average molecular weight is 604 g/mol.